The van der Waals surface area contributed by atoms with Gasteiger partial charge in [0.05, 0.1) is 11.4 Å². The summed E-state index contributed by atoms with van der Waals surface area (Å²) in [5.74, 6) is 0. The van der Waals surface area contributed by atoms with Crippen molar-refractivity contribution < 1.29 is 0 Å². The molecule has 0 heterocycles. The molecule has 0 aliphatic carbocycles. The summed E-state index contributed by atoms with van der Waals surface area (Å²) in [6.07, 6.45) is 0. The summed E-state index contributed by atoms with van der Waals surface area (Å²) in [6, 6.07) is 21.7. The average molecular weight is 299 g/mol. The van der Waals surface area contributed by atoms with Crippen LogP contribution in [-0.4, -0.2) is 19.0 Å². The highest BCUT2D eigenvalue weighted by Gasteiger charge is 2.32. The first-order valence-electron chi connectivity index (χ1n) is 7.61. The van der Waals surface area contributed by atoms with Crippen LogP contribution in [0.25, 0.3) is 0 Å². The van der Waals surface area contributed by atoms with Crippen molar-refractivity contribution in [3.05, 3.63) is 60.7 Å². The third-order valence-electron chi connectivity index (χ3n) is 3.39. The second-order valence-electron chi connectivity index (χ2n) is 6.59. The molecular weight excluding hydrogens is 272 g/mol. The molecule has 0 unspecified atom stereocenters. The number of para-hydroxylation sites is 2. The Labute approximate surface area is 130 Å². The van der Waals surface area contributed by atoms with E-state index in [0.717, 1.165) is 0 Å². The maximum atomic E-state index is 2.57. The molecule has 112 valence electrons. The maximum absolute atomic E-state index is 2.57. The lowest BCUT2D eigenvalue weighted by Crippen LogP contribution is -2.57. The van der Waals surface area contributed by atoms with E-state index < -0.39 is 8.24 Å². The van der Waals surface area contributed by atoms with E-state index in [9.17, 15) is 0 Å². The SMILES string of the molecule is CC(C)N(N(c1ccccc1)c1ccccc1)[Si](C)(C)C. The molecule has 0 aromatic heterocycles. The minimum absolute atomic E-state index is 0.456. The van der Waals surface area contributed by atoms with Gasteiger partial charge in [0.15, 0.2) is 0 Å². The van der Waals surface area contributed by atoms with Crippen molar-refractivity contribution in [3.63, 3.8) is 0 Å². The van der Waals surface area contributed by atoms with Gasteiger partial charge in [-0.3, -0.25) is 5.01 Å². The fourth-order valence-corrected chi connectivity index (χ4v) is 5.22. The van der Waals surface area contributed by atoms with Crippen molar-refractivity contribution in [3.8, 4) is 0 Å². The summed E-state index contributed by atoms with van der Waals surface area (Å²) >= 11 is 0. The summed E-state index contributed by atoms with van der Waals surface area (Å²) in [5.41, 5.74) is 2.44. The van der Waals surface area contributed by atoms with Gasteiger partial charge in [-0.25, -0.2) is 4.67 Å². The number of hydrogen-bond acceptors (Lipinski definition) is 2. The lowest BCUT2D eigenvalue weighted by Gasteiger charge is -2.46. The van der Waals surface area contributed by atoms with Crippen LogP contribution in [0.1, 0.15) is 13.8 Å². The number of anilines is 2. The molecule has 0 fully saturated rings. The molecule has 21 heavy (non-hydrogen) atoms. The van der Waals surface area contributed by atoms with E-state index in [1.807, 2.05) is 0 Å². The van der Waals surface area contributed by atoms with Gasteiger partial charge in [-0.2, -0.15) is 0 Å². The number of hydrogen-bond donors (Lipinski definition) is 0. The normalized spacial score (nSPS) is 12.0. The minimum Gasteiger partial charge on any atom is -0.281 e. The van der Waals surface area contributed by atoms with Crippen molar-refractivity contribution >= 4 is 19.6 Å². The van der Waals surface area contributed by atoms with Gasteiger partial charge in [-0.15, -0.1) is 0 Å². The second-order valence-corrected chi connectivity index (χ2v) is 11.4. The smallest absolute Gasteiger partial charge is 0.144 e. The number of nitrogens with zero attached hydrogens (tertiary/aromatic N) is 2. The van der Waals surface area contributed by atoms with Crippen LogP contribution in [-0.2, 0) is 0 Å². The summed E-state index contributed by atoms with van der Waals surface area (Å²) in [7, 11) is -1.52. The molecule has 0 radical (unpaired) electrons. The zero-order chi connectivity index (χ0) is 15.5. The molecule has 0 spiro atoms. The molecule has 0 saturated heterocycles. The van der Waals surface area contributed by atoms with Crippen molar-refractivity contribution in [1.29, 1.82) is 0 Å². The lowest BCUT2D eigenvalue weighted by molar-refractivity contribution is 0.359. The van der Waals surface area contributed by atoms with Gasteiger partial charge in [0.2, 0.25) is 0 Å². The van der Waals surface area contributed by atoms with E-state index in [0.29, 0.717) is 6.04 Å². The number of benzene rings is 2. The van der Waals surface area contributed by atoms with Gasteiger partial charge in [0.1, 0.15) is 8.24 Å². The molecule has 0 aliphatic heterocycles. The van der Waals surface area contributed by atoms with E-state index in [4.69, 9.17) is 0 Å². The fourth-order valence-electron chi connectivity index (χ4n) is 2.84. The molecule has 2 aromatic rings. The van der Waals surface area contributed by atoms with Crippen molar-refractivity contribution in [2.75, 3.05) is 5.01 Å². The molecule has 0 saturated carbocycles. The molecule has 0 amide bonds. The third kappa shape index (κ3) is 3.74. The molecule has 0 bridgehead atoms. The van der Waals surface area contributed by atoms with Gasteiger partial charge >= 0.3 is 0 Å². The molecule has 2 nitrogen and oxygen atoms in total. The monoisotopic (exact) mass is 298 g/mol. The lowest BCUT2D eigenvalue weighted by atomic mass is 10.2. The van der Waals surface area contributed by atoms with Crippen LogP contribution >= 0.6 is 0 Å². The number of hydrazine groups is 1. The van der Waals surface area contributed by atoms with E-state index in [2.05, 4.69) is 104 Å². The zero-order valence-corrected chi connectivity index (χ0v) is 14.7. The molecule has 2 aromatic carbocycles. The van der Waals surface area contributed by atoms with E-state index in [1.54, 1.807) is 0 Å². The van der Waals surface area contributed by atoms with Crippen LogP contribution in [0.5, 0.6) is 0 Å². The summed E-state index contributed by atoms with van der Waals surface area (Å²) in [5, 5.41) is 2.39. The Morgan fingerprint density at radius 3 is 1.38 bits per heavy atom. The van der Waals surface area contributed by atoms with Crippen LogP contribution < -0.4 is 5.01 Å². The predicted octanol–water partition coefficient (Wildman–Crippen LogP) is 5.29. The highest BCUT2D eigenvalue weighted by atomic mass is 28.3. The Balaban J connectivity index is 2.55. The summed E-state index contributed by atoms with van der Waals surface area (Å²) in [4.78, 5) is 0. The van der Waals surface area contributed by atoms with Crippen LogP contribution in [0, 0.1) is 0 Å². The molecule has 0 atom stereocenters. The summed E-state index contributed by atoms with van der Waals surface area (Å²) < 4.78 is 2.57. The van der Waals surface area contributed by atoms with Gasteiger partial charge in [-0.1, -0.05) is 56.0 Å². The quantitative estimate of drug-likeness (QED) is 0.547. The van der Waals surface area contributed by atoms with Crippen LogP contribution in [0.3, 0.4) is 0 Å². The van der Waals surface area contributed by atoms with Crippen LogP contribution in [0.4, 0.5) is 11.4 Å². The Morgan fingerprint density at radius 2 is 1.10 bits per heavy atom. The molecular formula is C18H26N2Si. The zero-order valence-electron chi connectivity index (χ0n) is 13.7. The number of rotatable bonds is 5. The molecule has 0 N–H and O–H groups in total. The first-order valence-corrected chi connectivity index (χ1v) is 11.1. The van der Waals surface area contributed by atoms with Gasteiger partial charge in [0, 0.05) is 6.04 Å². The summed E-state index contributed by atoms with van der Waals surface area (Å²) in [6.45, 7) is 11.7. The van der Waals surface area contributed by atoms with Gasteiger partial charge in [-0.05, 0) is 38.1 Å². The Bertz CT molecular complexity index is 507. The standard InChI is InChI=1S/C18H26N2Si/c1-16(2)20(21(3,4)5)19(17-12-8-6-9-13-17)18-14-10-7-11-15-18/h6-16H,1-5H3. The molecule has 0 aliphatic rings. The average Bonchev–Trinajstić information content (AvgIpc) is 2.44. The van der Waals surface area contributed by atoms with Crippen molar-refractivity contribution in [1.82, 2.24) is 4.67 Å². The van der Waals surface area contributed by atoms with E-state index >= 15 is 0 Å². The first-order chi connectivity index (χ1) is 9.91. The predicted molar refractivity (Wildman–Crippen MR) is 95.3 cm³/mol. The van der Waals surface area contributed by atoms with Crippen LogP contribution in [0.2, 0.25) is 19.6 Å². The van der Waals surface area contributed by atoms with Gasteiger partial charge < -0.3 is 0 Å². The highest BCUT2D eigenvalue weighted by Crippen LogP contribution is 2.31. The van der Waals surface area contributed by atoms with E-state index in [-0.39, 0.29) is 0 Å². The van der Waals surface area contributed by atoms with Gasteiger partial charge in [0.25, 0.3) is 0 Å². The van der Waals surface area contributed by atoms with Crippen LogP contribution in [0.15, 0.2) is 60.7 Å². The van der Waals surface area contributed by atoms with Crippen molar-refractivity contribution in [2.45, 2.75) is 39.5 Å². The topological polar surface area (TPSA) is 6.48 Å². The van der Waals surface area contributed by atoms with E-state index in [1.165, 1.54) is 11.4 Å². The van der Waals surface area contributed by atoms with Crippen molar-refractivity contribution in [2.24, 2.45) is 0 Å². The first kappa shape index (κ1) is 15.8. The highest BCUT2D eigenvalue weighted by molar-refractivity contribution is 6.73. The Morgan fingerprint density at radius 1 is 0.714 bits per heavy atom. The largest absolute Gasteiger partial charge is 0.281 e. The molecule has 3 heteroatoms. The fraction of sp³-hybridized carbons (Fsp3) is 0.333. The minimum atomic E-state index is -1.52. The third-order valence-corrected chi connectivity index (χ3v) is 5.48. The Kier molecular flexibility index (Phi) is 4.86. The molecule has 2 rings (SSSR count). The second kappa shape index (κ2) is 6.46. The Hall–Kier alpha value is -1.58. The maximum Gasteiger partial charge on any atom is 0.144 e.